The third-order valence-corrected chi connectivity index (χ3v) is 3.94. The first-order valence-corrected chi connectivity index (χ1v) is 7.32. The van der Waals surface area contributed by atoms with Crippen molar-refractivity contribution in [3.63, 3.8) is 0 Å². The van der Waals surface area contributed by atoms with Crippen LogP contribution < -0.4 is 10.6 Å². The van der Waals surface area contributed by atoms with Gasteiger partial charge in [0, 0.05) is 24.2 Å². The summed E-state index contributed by atoms with van der Waals surface area (Å²) in [6.07, 6.45) is 2.26. The minimum absolute atomic E-state index is 0.0994. The first kappa shape index (κ1) is 14.0. The number of carbonyl (C=O) groups is 1. The van der Waals surface area contributed by atoms with Crippen molar-refractivity contribution in [2.75, 3.05) is 13.6 Å². The Balaban J connectivity index is 1.95. The van der Waals surface area contributed by atoms with Crippen LogP contribution in [0.5, 0.6) is 0 Å². The number of pyridine rings is 1. The van der Waals surface area contributed by atoms with E-state index in [0.717, 1.165) is 18.5 Å². The number of likely N-dealkylation sites (N-methyl/N-ethyl adjacent to an activating group) is 1. The van der Waals surface area contributed by atoms with Crippen LogP contribution in [0.15, 0.2) is 10.6 Å². The Kier molecular flexibility index (Phi) is 3.63. The zero-order valence-corrected chi connectivity index (χ0v) is 12.6. The predicted octanol–water partition coefficient (Wildman–Crippen LogP) is 1.75. The summed E-state index contributed by atoms with van der Waals surface area (Å²) in [5, 5.41) is 10.7. The summed E-state index contributed by atoms with van der Waals surface area (Å²) < 4.78 is 5.25. The molecule has 3 rings (SSSR count). The van der Waals surface area contributed by atoms with Gasteiger partial charge in [-0.15, -0.1) is 0 Å². The van der Waals surface area contributed by atoms with Gasteiger partial charge in [0.15, 0.2) is 0 Å². The second-order valence-electron chi connectivity index (χ2n) is 5.72. The van der Waals surface area contributed by atoms with Crippen LogP contribution in [0, 0.1) is 6.92 Å². The predicted molar refractivity (Wildman–Crippen MR) is 79.4 cm³/mol. The smallest absolute Gasteiger partial charge is 0.259 e. The summed E-state index contributed by atoms with van der Waals surface area (Å²) >= 11 is 0. The molecule has 2 heterocycles. The van der Waals surface area contributed by atoms with E-state index >= 15 is 0 Å². The molecule has 6 heteroatoms. The zero-order chi connectivity index (χ0) is 15.0. The Bertz CT molecular complexity index is 676. The average Bonchev–Trinajstić information content (AvgIpc) is 3.28. The minimum Gasteiger partial charge on any atom is -0.350 e. The second kappa shape index (κ2) is 5.44. The third-order valence-electron chi connectivity index (χ3n) is 3.94. The van der Waals surface area contributed by atoms with Crippen LogP contribution in [0.25, 0.3) is 11.1 Å². The molecule has 0 aliphatic heterocycles. The highest BCUT2D eigenvalue weighted by molar-refractivity contribution is 6.06. The SMILES string of the molecule is CN[C@H](C)CNC(=O)c1cc(C2CC2)nc2onc(C)c12. The van der Waals surface area contributed by atoms with E-state index < -0.39 is 0 Å². The molecule has 0 aromatic carbocycles. The van der Waals surface area contributed by atoms with Crippen LogP contribution in [0.3, 0.4) is 0 Å². The van der Waals surface area contributed by atoms with Gasteiger partial charge in [0.2, 0.25) is 0 Å². The Morgan fingerprint density at radius 2 is 2.29 bits per heavy atom. The fraction of sp³-hybridized carbons (Fsp3) is 0.533. The molecule has 0 radical (unpaired) electrons. The van der Waals surface area contributed by atoms with Gasteiger partial charge in [0.25, 0.3) is 11.6 Å². The molecule has 112 valence electrons. The Morgan fingerprint density at radius 1 is 1.52 bits per heavy atom. The summed E-state index contributed by atoms with van der Waals surface area (Å²) in [4.78, 5) is 17.0. The molecule has 0 spiro atoms. The number of hydrogen-bond acceptors (Lipinski definition) is 5. The molecule has 1 amide bonds. The van der Waals surface area contributed by atoms with Gasteiger partial charge < -0.3 is 15.2 Å². The number of amides is 1. The topological polar surface area (TPSA) is 80.0 Å². The quantitative estimate of drug-likeness (QED) is 0.876. The Morgan fingerprint density at radius 3 is 2.95 bits per heavy atom. The number of aryl methyl sites for hydroxylation is 1. The standard InChI is InChI=1S/C15H20N4O2/c1-8(16-3)7-17-14(20)11-6-12(10-4-5-10)18-15-13(11)9(2)19-21-15/h6,8,10,16H,4-5,7H2,1-3H3,(H,17,20)/t8-/m1/s1. The highest BCUT2D eigenvalue weighted by Crippen LogP contribution is 2.40. The summed E-state index contributed by atoms with van der Waals surface area (Å²) in [6, 6.07) is 2.11. The molecule has 0 bridgehead atoms. The lowest BCUT2D eigenvalue weighted by Gasteiger charge is -2.12. The monoisotopic (exact) mass is 288 g/mol. The van der Waals surface area contributed by atoms with Crippen LogP contribution in [0.4, 0.5) is 0 Å². The van der Waals surface area contributed by atoms with Crippen LogP contribution in [-0.4, -0.2) is 35.7 Å². The largest absolute Gasteiger partial charge is 0.350 e. The third kappa shape index (κ3) is 2.76. The molecule has 1 saturated carbocycles. The highest BCUT2D eigenvalue weighted by Gasteiger charge is 2.28. The van der Waals surface area contributed by atoms with Gasteiger partial charge in [-0.25, -0.2) is 4.98 Å². The van der Waals surface area contributed by atoms with E-state index in [-0.39, 0.29) is 11.9 Å². The number of carbonyl (C=O) groups excluding carboxylic acids is 1. The molecule has 1 aliphatic carbocycles. The van der Waals surface area contributed by atoms with Crippen molar-refractivity contribution in [1.82, 2.24) is 20.8 Å². The van der Waals surface area contributed by atoms with Gasteiger partial charge in [-0.3, -0.25) is 4.79 Å². The number of fused-ring (bicyclic) bond motifs is 1. The van der Waals surface area contributed by atoms with Crippen molar-refractivity contribution in [3.05, 3.63) is 23.0 Å². The van der Waals surface area contributed by atoms with Gasteiger partial charge in [0.1, 0.15) is 0 Å². The molecule has 1 fully saturated rings. The van der Waals surface area contributed by atoms with Crippen LogP contribution in [0.2, 0.25) is 0 Å². The summed E-state index contributed by atoms with van der Waals surface area (Å²) in [7, 11) is 1.87. The molecular weight excluding hydrogens is 268 g/mol. The van der Waals surface area contributed by atoms with E-state index in [1.807, 2.05) is 27.0 Å². The van der Waals surface area contributed by atoms with Crippen molar-refractivity contribution in [2.24, 2.45) is 0 Å². The highest BCUT2D eigenvalue weighted by atomic mass is 16.5. The van der Waals surface area contributed by atoms with Crippen molar-refractivity contribution >= 4 is 17.0 Å². The van der Waals surface area contributed by atoms with Gasteiger partial charge in [-0.2, -0.15) is 0 Å². The molecule has 0 saturated heterocycles. The van der Waals surface area contributed by atoms with Gasteiger partial charge >= 0.3 is 0 Å². The molecule has 2 aromatic rings. The number of nitrogens with one attached hydrogen (secondary N) is 2. The van der Waals surface area contributed by atoms with Crippen molar-refractivity contribution in [3.8, 4) is 0 Å². The molecule has 2 N–H and O–H groups in total. The first-order chi connectivity index (χ1) is 10.1. The molecule has 6 nitrogen and oxygen atoms in total. The molecule has 2 aromatic heterocycles. The number of rotatable bonds is 5. The van der Waals surface area contributed by atoms with E-state index in [1.165, 1.54) is 0 Å². The summed E-state index contributed by atoms with van der Waals surface area (Å²) in [5.41, 5.74) is 2.71. The fourth-order valence-electron chi connectivity index (χ4n) is 2.32. The van der Waals surface area contributed by atoms with E-state index in [2.05, 4.69) is 20.8 Å². The summed E-state index contributed by atoms with van der Waals surface area (Å²) in [5.74, 6) is 0.361. The van der Waals surface area contributed by atoms with Gasteiger partial charge in [-0.05, 0) is 39.8 Å². The average molecular weight is 288 g/mol. The maximum atomic E-state index is 12.5. The van der Waals surface area contributed by atoms with Crippen LogP contribution in [0.1, 0.15) is 47.4 Å². The van der Waals surface area contributed by atoms with E-state index in [4.69, 9.17) is 4.52 Å². The van der Waals surface area contributed by atoms with E-state index in [0.29, 0.717) is 34.8 Å². The Hall–Kier alpha value is -1.95. The zero-order valence-electron chi connectivity index (χ0n) is 12.6. The van der Waals surface area contributed by atoms with Crippen LogP contribution >= 0.6 is 0 Å². The normalized spacial score (nSPS) is 16.1. The maximum absolute atomic E-state index is 12.5. The minimum atomic E-state index is -0.0994. The number of nitrogens with zero attached hydrogens (tertiary/aromatic N) is 2. The molecule has 1 atom stereocenters. The number of aromatic nitrogens is 2. The number of hydrogen-bond donors (Lipinski definition) is 2. The Labute approximate surface area is 123 Å². The van der Waals surface area contributed by atoms with Gasteiger partial charge in [-0.1, -0.05) is 5.16 Å². The maximum Gasteiger partial charge on any atom is 0.259 e. The first-order valence-electron chi connectivity index (χ1n) is 7.32. The lowest BCUT2D eigenvalue weighted by molar-refractivity contribution is 0.0952. The van der Waals surface area contributed by atoms with Gasteiger partial charge in [0.05, 0.1) is 16.6 Å². The molecule has 1 aliphatic rings. The van der Waals surface area contributed by atoms with E-state index in [1.54, 1.807) is 0 Å². The van der Waals surface area contributed by atoms with Crippen molar-refractivity contribution < 1.29 is 9.32 Å². The van der Waals surface area contributed by atoms with Crippen LogP contribution in [-0.2, 0) is 0 Å². The van der Waals surface area contributed by atoms with Crippen molar-refractivity contribution in [2.45, 2.75) is 38.6 Å². The second-order valence-corrected chi connectivity index (χ2v) is 5.72. The molecule has 21 heavy (non-hydrogen) atoms. The van der Waals surface area contributed by atoms with E-state index in [9.17, 15) is 4.79 Å². The fourth-order valence-corrected chi connectivity index (χ4v) is 2.32. The summed E-state index contributed by atoms with van der Waals surface area (Å²) in [6.45, 7) is 4.42. The van der Waals surface area contributed by atoms with Crippen molar-refractivity contribution in [1.29, 1.82) is 0 Å². The molecular formula is C15H20N4O2. The lowest BCUT2D eigenvalue weighted by Crippen LogP contribution is -2.37. The lowest BCUT2D eigenvalue weighted by atomic mass is 10.1. The molecule has 0 unspecified atom stereocenters.